The topological polar surface area (TPSA) is 115 Å². The molecule has 142 valence electrons. The van der Waals surface area contributed by atoms with E-state index in [2.05, 4.69) is 15.5 Å². The van der Waals surface area contributed by atoms with E-state index in [0.29, 0.717) is 11.3 Å². The Morgan fingerprint density at radius 1 is 1.04 bits per heavy atom. The van der Waals surface area contributed by atoms with Crippen molar-refractivity contribution in [2.75, 3.05) is 11.1 Å². The number of amides is 1. The molecule has 0 aliphatic rings. The molecule has 2 heterocycles. The molecule has 4 aromatic rings. The second kappa shape index (κ2) is 6.93. The highest BCUT2D eigenvalue weighted by Crippen LogP contribution is 2.27. The Bertz CT molecular complexity index is 1220. The number of sulfone groups is 1. The van der Waals surface area contributed by atoms with Gasteiger partial charge in [-0.05, 0) is 36.4 Å². The van der Waals surface area contributed by atoms with E-state index in [0.717, 1.165) is 5.39 Å². The van der Waals surface area contributed by atoms with Gasteiger partial charge in [0.2, 0.25) is 0 Å². The van der Waals surface area contributed by atoms with Gasteiger partial charge in [-0.2, -0.15) is 0 Å². The van der Waals surface area contributed by atoms with Crippen molar-refractivity contribution in [1.29, 1.82) is 0 Å². The van der Waals surface area contributed by atoms with Gasteiger partial charge >= 0.3 is 6.01 Å². The average Bonchev–Trinajstić information content (AvgIpc) is 3.34. The fourth-order valence-electron chi connectivity index (χ4n) is 2.61. The maximum absolute atomic E-state index is 12.3. The van der Waals surface area contributed by atoms with E-state index >= 15 is 0 Å². The highest BCUT2D eigenvalue weighted by atomic mass is 32.2. The fourth-order valence-corrected chi connectivity index (χ4v) is 3.49. The highest BCUT2D eigenvalue weighted by molar-refractivity contribution is 7.91. The van der Waals surface area contributed by atoms with Crippen molar-refractivity contribution in [1.82, 2.24) is 10.2 Å². The quantitative estimate of drug-likeness (QED) is 0.548. The van der Waals surface area contributed by atoms with E-state index in [9.17, 15) is 13.2 Å². The Morgan fingerprint density at radius 2 is 1.79 bits per heavy atom. The van der Waals surface area contributed by atoms with Gasteiger partial charge in [-0.3, -0.25) is 10.1 Å². The van der Waals surface area contributed by atoms with Crippen LogP contribution >= 0.6 is 0 Å². The monoisotopic (exact) mass is 397 g/mol. The minimum atomic E-state index is -3.32. The van der Waals surface area contributed by atoms with Gasteiger partial charge in [0.15, 0.2) is 15.6 Å². The van der Waals surface area contributed by atoms with Crippen LogP contribution in [0.4, 0.5) is 6.01 Å². The number of fused-ring (bicyclic) bond motifs is 1. The Kier molecular flexibility index (Phi) is 4.44. The lowest BCUT2D eigenvalue weighted by molar-refractivity contribution is 0.102. The summed E-state index contributed by atoms with van der Waals surface area (Å²) in [4.78, 5) is 12.5. The summed E-state index contributed by atoms with van der Waals surface area (Å²) >= 11 is 0. The molecule has 1 N–H and O–H groups in total. The number of anilines is 1. The van der Waals surface area contributed by atoms with E-state index < -0.39 is 15.7 Å². The molecular weight excluding hydrogens is 382 g/mol. The third-order valence-electron chi connectivity index (χ3n) is 4.14. The Hall–Kier alpha value is -3.46. The molecule has 0 spiro atoms. The third-order valence-corrected chi connectivity index (χ3v) is 5.89. The van der Waals surface area contributed by atoms with Crippen LogP contribution in [0.15, 0.2) is 68.3 Å². The smallest absolute Gasteiger partial charge is 0.322 e. The zero-order valence-corrected chi connectivity index (χ0v) is 15.6. The summed E-state index contributed by atoms with van der Waals surface area (Å²) in [5, 5.41) is 11.1. The van der Waals surface area contributed by atoms with Crippen LogP contribution in [0.1, 0.15) is 17.3 Å². The van der Waals surface area contributed by atoms with Crippen LogP contribution in [0, 0.1) is 0 Å². The molecule has 0 saturated heterocycles. The molecule has 0 atom stereocenters. The minimum Gasteiger partial charge on any atom is -0.451 e. The van der Waals surface area contributed by atoms with Crippen LogP contribution in [-0.2, 0) is 9.84 Å². The molecule has 0 fully saturated rings. The van der Waals surface area contributed by atoms with E-state index in [4.69, 9.17) is 8.83 Å². The van der Waals surface area contributed by atoms with E-state index in [1.807, 2.05) is 24.3 Å². The number of carbonyl (C=O) groups is 1. The summed E-state index contributed by atoms with van der Waals surface area (Å²) < 4.78 is 34.8. The van der Waals surface area contributed by atoms with E-state index in [1.165, 1.54) is 24.3 Å². The van der Waals surface area contributed by atoms with Crippen LogP contribution in [0.25, 0.3) is 22.6 Å². The molecule has 8 nitrogen and oxygen atoms in total. The molecule has 1 amide bonds. The molecule has 9 heteroatoms. The second-order valence-electron chi connectivity index (χ2n) is 5.94. The van der Waals surface area contributed by atoms with Crippen LogP contribution < -0.4 is 5.32 Å². The summed E-state index contributed by atoms with van der Waals surface area (Å²) in [6, 6.07) is 14.8. The second-order valence-corrected chi connectivity index (χ2v) is 8.22. The summed E-state index contributed by atoms with van der Waals surface area (Å²) in [5.74, 6) is 0.0184. The van der Waals surface area contributed by atoms with Gasteiger partial charge in [-0.1, -0.05) is 30.2 Å². The third kappa shape index (κ3) is 3.39. The van der Waals surface area contributed by atoms with Crippen molar-refractivity contribution < 1.29 is 22.0 Å². The predicted molar refractivity (Wildman–Crippen MR) is 102 cm³/mol. The molecule has 0 saturated carbocycles. The maximum atomic E-state index is 12.3. The van der Waals surface area contributed by atoms with Crippen molar-refractivity contribution in [3.05, 3.63) is 60.2 Å². The van der Waals surface area contributed by atoms with Crippen molar-refractivity contribution in [3.8, 4) is 11.7 Å². The summed E-state index contributed by atoms with van der Waals surface area (Å²) in [5.41, 5.74) is 0.946. The Balaban J connectivity index is 1.51. The fraction of sp³-hybridized carbons (Fsp3) is 0.105. The molecular formula is C19H15N3O5S. The molecule has 0 bridgehead atoms. The maximum Gasteiger partial charge on any atom is 0.322 e. The van der Waals surface area contributed by atoms with Crippen molar-refractivity contribution in [2.45, 2.75) is 11.8 Å². The van der Waals surface area contributed by atoms with E-state index in [1.54, 1.807) is 13.0 Å². The van der Waals surface area contributed by atoms with E-state index in [-0.39, 0.29) is 28.1 Å². The molecule has 0 unspecified atom stereocenters. The van der Waals surface area contributed by atoms with Crippen LogP contribution in [0.3, 0.4) is 0 Å². The van der Waals surface area contributed by atoms with Crippen molar-refractivity contribution in [3.63, 3.8) is 0 Å². The lowest BCUT2D eigenvalue weighted by atomic mass is 10.2. The lowest BCUT2D eigenvalue weighted by Gasteiger charge is -2.03. The largest absolute Gasteiger partial charge is 0.451 e. The number of furan rings is 1. The van der Waals surface area contributed by atoms with Crippen LogP contribution in [0.5, 0.6) is 0 Å². The summed E-state index contributed by atoms with van der Waals surface area (Å²) in [6.45, 7) is 1.56. The minimum absolute atomic E-state index is 0.00883. The SMILES string of the molecule is CCS(=O)(=O)c1ccc(C(=O)Nc2nnc(-c3cc4ccccc4o3)o2)cc1. The van der Waals surface area contributed by atoms with Gasteiger partial charge in [0.1, 0.15) is 5.58 Å². The first-order valence-electron chi connectivity index (χ1n) is 8.43. The van der Waals surface area contributed by atoms with Crippen LogP contribution in [0.2, 0.25) is 0 Å². The van der Waals surface area contributed by atoms with Gasteiger partial charge < -0.3 is 8.83 Å². The number of hydrogen-bond acceptors (Lipinski definition) is 7. The first-order chi connectivity index (χ1) is 13.5. The first-order valence-corrected chi connectivity index (χ1v) is 10.1. The standard InChI is InChI=1S/C19H15N3O5S/c1-2-28(24,25)14-9-7-12(8-10-14)17(23)20-19-22-21-18(27-19)16-11-13-5-3-4-6-15(13)26-16/h3-11H,2H2,1H3,(H,20,22,23). The Morgan fingerprint density at radius 3 is 2.50 bits per heavy atom. The van der Waals surface area contributed by atoms with Crippen molar-refractivity contribution >= 4 is 32.7 Å². The highest BCUT2D eigenvalue weighted by Gasteiger charge is 2.17. The number of rotatable bonds is 5. The normalized spacial score (nSPS) is 11.6. The Labute approximate surface area is 160 Å². The molecule has 2 aromatic heterocycles. The number of hydrogen-bond donors (Lipinski definition) is 1. The molecule has 0 aliphatic carbocycles. The number of carbonyl (C=O) groups excluding carboxylic acids is 1. The first kappa shape index (κ1) is 17.9. The summed E-state index contributed by atoms with van der Waals surface area (Å²) in [7, 11) is -3.32. The van der Waals surface area contributed by atoms with Gasteiger partial charge in [0.25, 0.3) is 11.8 Å². The number of nitrogens with zero attached hydrogens (tertiary/aromatic N) is 2. The molecule has 0 aliphatic heterocycles. The van der Waals surface area contributed by atoms with Crippen LogP contribution in [-0.4, -0.2) is 30.3 Å². The number of aromatic nitrogens is 2. The van der Waals surface area contributed by atoms with Gasteiger partial charge in [-0.25, -0.2) is 8.42 Å². The van der Waals surface area contributed by atoms with Gasteiger partial charge in [-0.15, -0.1) is 5.10 Å². The number of para-hydroxylation sites is 1. The lowest BCUT2D eigenvalue weighted by Crippen LogP contribution is -2.12. The van der Waals surface area contributed by atoms with Gasteiger partial charge in [0, 0.05) is 10.9 Å². The molecule has 4 rings (SSSR count). The molecule has 2 aromatic carbocycles. The zero-order valence-electron chi connectivity index (χ0n) is 14.7. The molecule has 0 radical (unpaired) electrons. The van der Waals surface area contributed by atoms with Gasteiger partial charge in [0.05, 0.1) is 10.6 Å². The zero-order chi connectivity index (χ0) is 19.7. The number of nitrogens with one attached hydrogen (secondary N) is 1. The number of benzene rings is 2. The summed E-state index contributed by atoms with van der Waals surface area (Å²) in [6.07, 6.45) is 0. The predicted octanol–water partition coefficient (Wildman–Crippen LogP) is 3.53. The molecule has 28 heavy (non-hydrogen) atoms. The average molecular weight is 397 g/mol. The van der Waals surface area contributed by atoms with Crippen molar-refractivity contribution in [2.24, 2.45) is 0 Å².